The number of hydrogen-bond donors (Lipinski definition) is 1. The minimum Gasteiger partial charge on any atom is -0.459 e. The van der Waals surface area contributed by atoms with Crippen LogP contribution in [0.5, 0.6) is 0 Å². The highest BCUT2D eigenvalue weighted by molar-refractivity contribution is 6.38. The highest BCUT2D eigenvalue weighted by Crippen LogP contribution is 2.47. The third-order valence-electron chi connectivity index (χ3n) is 7.12. The Kier molecular flexibility index (Phi) is 5.23. The summed E-state index contributed by atoms with van der Waals surface area (Å²) < 4.78 is 4.96. The molecule has 0 bridgehead atoms. The van der Waals surface area contributed by atoms with Gasteiger partial charge in [0.25, 0.3) is 5.56 Å². The number of aryl methyl sites for hydroxylation is 1. The van der Waals surface area contributed by atoms with E-state index in [4.69, 9.17) is 9.72 Å². The minimum atomic E-state index is -0.812. The van der Waals surface area contributed by atoms with Crippen molar-refractivity contribution in [2.24, 2.45) is 0 Å². The number of piperidine rings is 1. The smallest absolute Gasteiger partial charge is 0.397 e. The highest BCUT2D eigenvalue weighted by atomic mass is 16.5. The lowest BCUT2D eigenvalue weighted by atomic mass is 9.74. The van der Waals surface area contributed by atoms with Gasteiger partial charge in [0.05, 0.1) is 12.3 Å². The summed E-state index contributed by atoms with van der Waals surface area (Å²) in [6, 6.07) is 7.83. The van der Waals surface area contributed by atoms with Crippen molar-refractivity contribution in [1.82, 2.24) is 9.97 Å². The molecule has 1 fully saturated rings. The van der Waals surface area contributed by atoms with Crippen molar-refractivity contribution in [3.05, 3.63) is 51.4 Å². The van der Waals surface area contributed by atoms with E-state index in [1.54, 1.807) is 11.8 Å². The van der Waals surface area contributed by atoms with Gasteiger partial charge in [0.1, 0.15) is 0 Å². The Labute approximate surface area is 186 Å². The van der Waals surface area contributed by atoms with E-state index >= 15 is 0 Å². The quantitative estimate of drug-likeness (QED) is 0.572. The standard InChI is InChI=1S/C24H28N4O4/c1-2-32-22(31)21(30)28-15-24(17-8-4-6-10-19(17)28)11-13-27(14-12-24)23-25-18-9-5-3-7-16(18)20(29)26-23/h4,6,8,10H,2-3,5,7,9,11-15H2,1H3,(H,25,26,29). The van der Waals surface area contributed by atoms with Crippen molar-refractivity contribution >= 4 is 23.5 Å². The number of aromatic amines is 1. The lowest BCUT2D eigenvalue weighted by Crippen LogP contribution is -2.48. The number of rotatable bonds is 2. The fourth-order valence-electron chi connectivity index (χ4n) is 5.43. The zero-order valence-electron chi connectivity index (χ0n) is 18.4. The molecule has 8 nitrogen and oxygen atoms in total. The second-order valence-corrected chi connectivity index (χ2v) is 8.92. The second-order valence-electron chi connectivity index (χ2n) is 8.92. The summed E-state index contributed by atoms with van der Waals surface area (Å²) in [5, 5.41) is 0. The monoisotopic (exact) mass is 436 g/mol. The van der Waals surface area contributed by atoms with Crippen molar-refractivity contribution < 1.29 is 14.3 Å². The summed E-state index contributed by atoms with van der Waals surface area (Å²) in [6.45, 7) is 3.77. The Bertz CT molecular complexity index is 1120. The van der Waals surface area contributed by atoms with Gasteiger partial charge in [-0.1, -0.05) is 18.2 Å². The van der Waals surface area contributed by atoms with E-state index in [0.717, 1.165) is 74.1 Å². The molecule has 3 aliphatic rings. The average molecular weight is 437 g/mol. The molecule has 2 aliphatic heterocycles. The van der Waals surface area contributed by atoms with Gasteiger partial charge in [-0.2, -0.15) is 0 Å². The molecule has 0 saturated carbocycles. The molecule has 1 amide bonds. The molecule has 32 heavy (non-hydrogen) atoms. The lowest BCUT2D eigenvalue weighted by Gasteiger charge is -2.40. The van der Waals surface area contributed by atoms with Crippen LogP contribution in [0.25, 0.3) is 0 Å². The maximum Gasteiger partial charge on any atom is 0.397 e. The summed E-state index contributed by atoms with van der Waals surface area (Å²) in [7, 11) is 0. The van der Waals surface area contributed by atoms with Gasteiger partial charge in [0.15, 0.2) is 0 Å². The average Bonchev–Trinajstić information content (AvgIpc) is 3.13. The van der Waals surface area contributed by atoms with Crippen LogP contribution >= 0.6 is 0 Å². The molecule has 8 heteroatoms. The predicted molar refractivity (Wildman–Crippen MR) is 120 cm³/mol. The van der Waals surface area contributed by atoms with Crippen LogP contribution in [-0.2, 0) is 32.6 Å². The van der Waals surface area contributed by atoms with Crippen molar-refractivity contribution in [3.63, 3.8) is 0 Å². The molecule has 5 rings (SSSR count). The first-order valence-corrected chi connectivity index (χ1v) is 11.5. The number of fused-ring (bicyclic) bond motifs is 3. The Morgan fingerprint density at radius 2 is 1.91 bits per heavy atom. The summed E-state index contributed by atoms with van der Waals surface area (Å²) in [6.07, 6.45) is 5.40. The first-order valence-electron chi connectivity index (χ1n) is 11.5. The SMILES string of the molecule is CCOC(=O)C(=O)N1CC2(CCN(c3nc4c(c(=O)[nH]3)CCCC4)CC2)c2ccccc21. The molecule has 1 spiro atoms. The van der Waals surface area contributed by atoms with Gasteiger partial charge in [-0.15, -0.1) is 0 Å². The minimum absolute atomic E-state index is 0.0117. The normalized spacial score (nSPS) is 18.9. The first-order chi connectivity index (χ1) is 15.5. The third kappa shape index (κ3) is 3.38. The summed E-state index contributed by atoms with van der Waals surface area (Å²) in [4.78, 5) is 49.0. The van der Waals surface area contributed by atoms with Gasteiger partial charge in [-0.25, -0.2) is 9.78 Å². The van der Waals surface area contributed by atoms with Crippen LogP contribution in [0, 0.1) is 0 Å². The van der Waals surface area contributed by atoms with E-state index in [9.17, 15) is 14.4 Å². The molecule has 1 aromatic heterocycles. The molecule has 168 valence electrons. The van der Waals surface area contributed by atoms with Crippen LogP contribution in [0.2, 0.25) is 0 Å². The number of aromatic nitrogens is 2. The lowest BCUT2D eigenvalue weighted by molar-refractivity contribution is -0.153. The molecule has 1 aliphatic carbocycles. The number of hydrogen-bond acceptors (Lipinski definition) is 6. The number of para-hydroxylation sites is 1. The molecular weight excluding hydrogens is 408 g/mol. The molecule has 0 atom stereocenters. The van der Waals surface area contributed by atoms with Crippen molar-refractivity contribution in [3.8, 4) is 0 Å². The van der Waals surface area contributed by atoms with Crippen LogP contribution in [0.4, 0.5) is 11.6 Å². The van der Waals surface area contributed by atoms with Gasteiger partial charge < -0.3 is 14.5 Å². The van der Waals surface area contributed by atoms with Gasteiger partial charge in [0, 0.05) is 36.3 Å². The van der Waals surface area contributed by atoms with Crippen LogP contribution in [0.1, 0.15) is 49.4 Å². The number of anilines is 2. The number of H-pyrrole nitrogens is 1. The summed E-state index contributed by atoms with van der Waals surface area (Å²) >= 11 is 0. The van der Waals surface area contributed by atoms with Crippen LogP contribution in [-0.4, -0.2) is 48.1 Å². The molecule has 3 heterocycles. The topological polar surface area (TPSA) is 95.6 Å². The largest absolute Gasteiger partial charge is 0.459 e. The molecule has 1 N–H and O–H groups in total. The van der Waals surface area contributed by atoms with E-state index < -0.39 is 11.9 Å². The Balaban J connectivity index is 1.38. The van der Waals surface area contributed by atoms with E-state index in [-0.39, 0.29) is 17.6 Å². The van der Waals surface area contributed by atoms with Crippen LogP contribution < -0.4 is 15.4 Å². The van der Waals surface area contributed by atoms with Gasteiger partial charge in [-0.05, 0) is 57.1 Å². The number of nitrogens with zero attached hydrogens (tertiary/aromatic N) is 3. The number of benzene rings is 1. The molecule has 0 unspecified atom stereocenters. The van der Waals surface area contributed by atoms with E-state index in [1.807, 2.05) is 18.2 Å². The number of esters is 1. The molecule has 2 aromatic rings. The van der Waals surface area contributed by atoms with E-state index in [0.29, 0.717) is 12.5 Å². The van der Waals surface area contributed by atoms with Crippen molar-refractivity contribution in [1.29, 1.82) is 0 Å². The van der Waals surface area contributed by atoms with Gasteiger partial charge in [0.2, 0.25) is 5.95 Å². The van der Waals surface area contributed by atoms with E-state index in [1.165, 1.54) is 0 Å². The Morgan fingerprint density at radius 1 is 1.16 bits per heavy atom. The molecule has 0 radical (unpaired) electrons. The number of carbonyl (C=O) groups excluding carboxylic acids is 2. The zero-order chi connectivity index (χ0) is 22.3. The predicted octanol–water partition coefficient (Wildman–Crippen LogP) is 2.10. The maximum atomic E-state index is 12.8. The van der Waals surface area contributed by atoms with Crippen molar-refractivity contribution in [2.75, 3.05) is 36.0 Å². The number of amides is 1. The third-order valence-corrected chi connectivity index (χ3v) is 7.12. The number of carbonyl (C=O) groups is 2. The summed E-state index contributed by atoms with van der Waals surface area (Å²) in [5.74, 6) is -0.775. The fourth-order valence-corrected chi connectivity index (χ4v) is 5.43. The molecule has 1 saturated heterocycles. The van der Waals surface area contributed by atoms with Gasteiger partial charge in [-0.3, -0.25) is 14.6 Å². The van der Waals surface area contributed by atoms with Crippen molar-refractivity contribution in [2.45, 2.75) is 50.9 Å². The fraction of sp³-hybridized carbons (Fsp3) is 0.500. The maximum absolute atomic E-state index is 12.8. The Hall–Kier alpha value is -3.16. The molecular formula is C24H28N4O4. The number of nitrogens with one attached hydrogen (secondary N) is 1. The number of ether oxygens (including phenoxy) is 1. The summed E-state index contributed by atoms with van der Waals surface area (Å²) in [5.41, 5.74) is 3.44. The van der Waals surface area contributed by atoms with Crippen LogP contribution in [0.3, 0.4) is 0 Å². The van der Waals surface area contributed by atoms with Gasteiger partial charge >= 0.3 is 11.9 Å². The highest BCUT2D eigenvalue weighted by Gasteiger charge is 2.47. The first kappa shape index (κ1) is 20.7. The zero-order valence-corrected chi connectivity index (χ0v) is 18.4. The molecule has 1 aromatic carbocycles. The van der Waals surface area contributed by atoms with Crippen LogP contribution in [0.15, 0.2) is 29.1 Å². The Morgan fingerprint density at radius 3 is 2.69 bits per heavy atom. The van der Waals surface area contributed by atoms with E-state index in [2.05, 4.69) is 16.0 Å². The second kappa shape index (κ2) is 8.07.